The van der Waals surface area contributed by atoms with Gasteiger partial charge in [-0.15, -0.1) is 12.4 Å². The van der Waals surface area contributed by atoms with E-state index < -0.39 is 0 Å². The normalized spacial score (nSPS) is 21.6. The fraction of sp³-hybridized carbons (Fsp3) is 0.562. The average molecular weight is 362 g/mol. The van der Waals surface area contributed by atoms with Crippen LogP contribution in [0.25, 0.3) is 0 Å². The number of nitrogens with zero attached hydrogens (tertiary/aromatic N) is 1. The molecule has 2 atom stereocenters. The molecule has 1 aliphatic rings. The van der Waals surface area contributed by atoms with Crippen molar-refractivity contribution in [3.63, 3.8) is 0 Å². The van der Waals surface area contributed by atoms with Gasteiger partial charge in [0.1, 0.15) is 0 Å². The topological polar surface area (TPSA) is 67.6 Å². The van der Waals surface area contributed by atoms with Gasteiger partial charge in [-0.2, -0.15) is 0 Å². The minimum Gasteiger partial charge on any atom is -0.381 e. The second-order valence-corrected chi connectivity index (χ2v) is 6.19. The fourth-order valence-corrected chi connectivity index (χ4v) is 3.10. The summed E-state index contributed by atoms with van der Waals surface area (Å²) in [5.74, 6) is -0.0280. The lowest BCUT2D eigenvalue weighted by atomic mass is 9.99. The molecular weight excluding hydrogens is 337 g/mol. The summed E-state index contributed by atoms with van der Waals surface area (Å²) in [6.07, 6.45) is 2.05. The summed E-state index contributed by atoms with van der Waals surface area (Å²) in [6.45, 7) is 3.63. The number of anilines is 1. The molecule has 1 aromatic rings. The number of rotatable bonds is 5. The van der Waals surface area contributed by atoms with E-state index >= 15 is 0 Å². The summed E-state index contributed by atoms with van der Waals surface area (Å²) >= 11 is 5.93. The smallest absolute Gasteiger partial charge is 0.238 e. The van der Waals surface area contributed by atoms with Crippen LogP contribution in [0.15, 0.2) is 18.2 Å². The van der Waals surface area contributed by atoms with Crippen LogP contribution >= 0.6 is 24.0 Å². The third-order valence-electron chi connectivity index (χ3n) is 4.20. The minimum absolute atomic E-state index is 0. The summed E-state index contributed by atoms with van der Waals surface area (Å²) in [5.41, 5.74) is 7.59. The number of halogens is 2. The predicted molar refractivity (Wildman–Crippen MR) is 96.5 cm³/mol. The van der Waals surface area contributed by atoms with Crippen LogP contribution in [0.5, 0.6) is 0 Å². The number of likely N-dealkylation sites (tertiary alicyclic amines) is 1. The lowest BCUT2D eigenvalue weighted by Gasteiger charge is -2.37. The molecule has 0 bridgehead atoms. The highest BCUT2D eigenvalue weighted by Gasteiger charge is 2.28. The third-order valence-corrected chi connectivity index (χ3v) is 4.44. The number of hydrogen-bond donors (Lipinski definition) is 2. The number of carbonyl (C=O) groups is 1. The standard InChI is InChI=1S/C16H24ClN3O2.ClH/c1-11-7-12(17)3-4-15(11)19-16(21)10-20-6-5-14(22-2)8-13(20)9-18;/h3-4,7,13-14H,5-6,8-10,18H2,1-2H3,(H,19,21);1H. The Bertz CT molecular complexity index is 528. The molecule has 3 N–H and O–H groups in total. The molecule has 130 valence electrons. The van der Waals surface area contributed by atoms with Crippen molar-refractivity contribution < 1.29 is 9.53 Å². The fourth-order valence-electron chi connectivity index (χ4n) is 2.87. The summed E-state index contributed by atoms with van der Waals surface area (Å²) in [5, 5.41) is 3.61. The van der Waals surface area contributed by atoms with Crippen LogP contribution in [0.2, 0.25) is 5.02 Å². The third kappa shape index (κ3) is 5.62. The van der Waals surface area contributed by atoms with Gasteiger partial charge in [-0.25, -0.2) is 0 Å². The van der Waals surface area contributed by atoms with Crippen molar-refractivity contribution in [1.29, 1.82) is 0 Å². The Morgan fingerprint density at radius 3 is 2.87 bits per heavy atom. The SMILES string of the molecule is COC1CCN(CC(=O)Nc2ccc(Cl)cc2C)C(CN)C1.Cl. The van der Waals surface area contributed by atoms with Crippen LogP contribution in [0.1, 0.15) is 18.4 Å². The van der Waals surface area contributed by atoms with Crippen LogP contribution in [-0.4, -0.2) is 49.7 Å². The Labute approximate surface area is 148 Å². The molecule has 2 unspecified atom stereocenters. The molecule has 23 heavy (non-hydrogen) atoms. The highest BCUT2D eigenvalue weighted by atomic mass is 35.5. The molecule has 2 rings (SSSR count). The van der Waals surface area contributed by atoms with Gasteiger partial charge < -0.3 is 15.8 Å². The molecule has 1 amide bonds. The Hall–Kier alpha value is -0.850. The van der Waals surface area contributed by atoms with Crippen LogP contribution in [0.4, 0.5) is 5.69 Å². The van der Waals surface area contributed by atoms with E-state index in [1.165, 1.54) is 0 Å². The van der Waals surface area contributed by atoms with Crippen molar-refractivity contribution in [1.82, 2.24) is 4.90 Å². The Kier molecular flexibility index (Phi) is 8.29. The van der Waals surface area contributed by atoms with Gasteiger partial charge in [0.15, 0.2) is 0 Å². The number of carbonyl (C=O) groups excluding carboxylic acids is 1. The van der Waals surface area contributed by atoms with Gasteiger partial charge in [0.05, 0.1) is 12.6 Å². The molecule has 1 aromatic carbocycles. The number of nitrogens with two attached hydrogens (primary N) is 1. The van der Waals surface area contributed by atoms with E-state index in [9.17, 15) is 4.79 Å². The molecule has 1 heterocycles. The predicted octanol–water partition coefficient (Wildman–Crippen LogP) is 2.45. The van der Waals surface area contributed by atoms with Gasteiger partial charge >= 0.3 is 0 Å². The van der Waals surface area contributed by atoms with Gasteiger partial charge in [0, 0.05) is 37.0 Å². The van der Waals surface area contributed by atoms with Gasteiger partial charge in [-0.05, 0) is 43.5 Å². The lowest BCUT2D eigenvalue weighted by Crippen LogP contribution is -2.51. The summed E-state index contributed by atoms with van der Waals surface area (Å²) in [7, 11) is 1.73. The van der Waals surface area contributed by atoms with Crippen molar-refractivity contribution in [3.8, 4) is 0 Å². The Balaban J connectivity index is 0.00000264. The molecule has 7 heteroatoms. The molecular formula is C16H25Cl2N3O2. The van der Waals surface area contributed by atoms with Crippen molar-refractivity contribution in [2.75, 3.05) is 32.1 Å². The molecule has 5 nitrogen and oxygen atoms in total. The van der Waals surface area contributed by atoms with Crippen molar-refractivity contribution >= 4 is 35.6 Å². The second-order valence-electron chi connectivity index (χ2n) is 5.75. The first kappa shape index (κ1) is 20.2. The number of aryl methyl sites for hydroxylation is 1. The van der Waals surface area contributed by atoms with E-state index in [0.717, 1.165) is 30.6 Å². The van der Waals surface area contributed by atoms with Gasteiger partial charge in [-0.1, -0.05) is 11.6 Å². The van der Waals surface area contributed by atoms with E-state index in [1.54, 1.807) is 13.2 Å². The summed E-state index contributed by atoms with van der Waals surface area (Å²) in [6, 6.07) is 5.63. The maximum Gasteiger partial charge on any atom is 0.238 e. The van der Waals surface area contributed by atoms with Crippen LogP contribution < -0.4 is 11.1 Å². The second kappa shape index (κ2) is 9.45. The number of piperidine rings is 1. The van der Waals surface area contributed by atoms with Crippen LogP contribution in [0, 0.1) is 6.92 Å². The molecule has 0 saturated carbocycles. The Morgan fingerprint density at radius 2 is 2.26 bits per heavy atom. The van der Waals surface area contributed by atoms with E-state index in [1.807, 2.05) is 19.1 Å². The maximum atomic E-state index is 12.3. The maximum absolute atomic E-state index is 12.3. The summed E-state index contributed by atoms with van der Waals surface area (Å²) in [4.78, 5) is 14.4. The molecule has 1 aliphatic heterocycles. The number of methoxy groups -OCH3 is 1. The number of hydrogen-bond acceptors (Lipinski definition) is 4. The first-order chi connectivity index (χ1) is 10.5. The minimum atomic E-state index is -0.0280. The molecule has 0 aromatic heterocycles. The highest BCUT2D eigenvalue weighted by Crippen LogP contribution is 2.21. The molecule has 0 aliphatic carbocycles. The van der Waals surface area contributed by atoms with Crippen molar-refractivity contribution in [3.05, 3.63) is 28.8 Å². The monoisotopic (exact) mass is 361 g/mol. The first-order valence-corrected chi connectivity index (χ1v) is 7.94. The van der Waals surface area contributed by atoms with Crippen LogP contribution in [0.3, 0.4) is 0 Å². The number of nitrogens with one attached hydrogen (secondary N) is 1. The highest BCUT2D eigenvalue weighted by molar-refractivity contribution is 6.30. The van der Waals surface area contributed by atoms with Gasteiger partial charge in [-0.3, -0.25) is 9.69 Å². The zero-order chi connectivity index (χ0) is 16.1. The zero-order valence-electron chi connectivity index (χ0n) is 13.5. The van der Waals surface area contributed by atoms with E-state index in [4.69, 9.17) is 22.1 Å². The average Bonchev–Trinajstić information content (AvgIpc) is 2.50. The first-order valence-electron chi connectivity index (χ1n) is 7.56. The van der Waals surface area contributed by atoms with Gasteiger partial charge in [0.2, 0.25) is 5.91 Å². The number of amides is 1. The molecule has 0 radical (unpaired) electrons. The molecule has 1 saturated heterocycles. The van der Waals surface area contributed by atoms with Crippen molar-refractivity contribution in [2.45, 2.75) is 31.9 Å². The zero-order valence-corrected chi connectivity index (χ0v) is 15.1. The summed E-state index contributed by atoms with van der Waals surface area (Å²) < 4.78 is 5.40. The quantitative estimate of drug-likeness (QED) is 0.844. The van der Waals surface area contributed by atoms with Crippen LogP contribution in [-0.2, 0) is 9.53 Å². The van der Waals surface area contributed by atoms with Crippen molar-refractivity contribution in [2.24, 2.45) is 5.73 Å². The number of benzene rings is 1. The Morgan fingerprint density at radius 1 is 1.52 bits per heavy atom. The van der Waals surface area contributed by atoms with Gasteiger partial charge in [0.25, 0.3) is 0 Å². The lowest BCUT2D eigenvalue weighted by molar-refractivity contribution is -0.118. The van der Waals surface area contributed by atoms with E-state index in [-0.39, 0.29) is 30.5 Å². The number of ether oxygens (including phenoxy) is 1. The van der Waals surface area contributed by atoms with E-state index in [0.29, 0.717) is 18.1 Å². The molecule has 0 spiro atoms. The molecule has 1 fully saturated rings. The largest absolute Gasteiger partial charge is 0.381 e. The van der Waals surface area contributed by atoms with E-state index in [2.05, 4.69) is 10.2 Å².